The number of benzene rings is 1. The number of rotatable bonds is 4. The maximum absolute atomic E-state index is 12.4. The largest absolute Gasteiger partial charge is 0.335 e. The zero-order valence-corrected chi connectivity index (χ0v) is 11.2. The highest BCUT2D eigenvalue weighted by atomic mass is 16.2. The van der Waals surface area contributed by atoms with Crippen molar-refractivity contribution in [3.05, 3.63) is 34.9 Å². The number of carbonyl (C=O) groups is 1. The van der Waals surface area contributed by atoms with Gasteiger partial charge in [0.05, 0.1) is 0 Å². The number of nitrogens with zero attached hydrogens (tertiary/aromatic N) is 1. The molecule has 0 saturated carbocycles. The van der Waals surface area contributed by atoms with Crippen molar-refractivity contribution in [2.45, 2.75) is 33.7 Å². The predicted molar refractivity (Wildman–Crippen MR) is 71.1 cm³/mol. The molecule has 3 heteroatoms. The molecule has 1 aromatic rings. The molecule has 17 heavy (non-hydrogen) atoms. The molecule has 0 heterocycles. The number of aryl methyl sites for hydroxylation is 2. The molecular weight excluding hydrogens is 212 g/mol. The van der Waals surface area contributed by atoms with Crippen LogP contribution in [0.3, 0.4) is 0 Å². The smallest absolute Gasteiger partial charge is 0.254 e. The lowest BCUT2D eigenvalue weighted by Crippen LogP contribution is -2.40. The molecule has 0 aliphatic carbocycles. The Balaban J connectivity index is 3.04. The van der Waals surface area contributed by atoms with Crippen molar-refractivity contribution >= 4 is 5.91 Å². The van der Waals surface area contributed by atoms with Gasteiger partial charge >= 0.3 is 0 Å². The normalized spacial score (nSPS) is 10.7. The minimum Gasteiger partial charge on any atom is -0.335 e. The molecule has 0 saturated heterocycles. The minimum absolute atomic E-state index is 0.0756. The summed E-state index contributed by atoms with van der Waals surface area (Å²) >= 11 is 0. The van der Waals surface area contributed by atoms with Gasteiger partial charge in [0.15, 0.2) is 0 Å². The highest BCUT2D eigenvalue weighted by molar-refractivity contribution is 5.96. The Hall–Kier alpha value is -1.35. The molecule has 1 amide bonds. The summed E-state index contributed by atoms with van der Waals surface area (Å²) in [7, 11) is 0. The van der Waals surface area contributed by atoms with E-state index in [9.17, 15) is 4.79 Å². The molecule has 0 radical (unpaired) electrons. The fraction of sp³-hybridized carbons (Fsp3) is 0.500. The van der Waals surface area contributed by atoms with Crippen LogP contribution in [0.4, 0.5) is 0 Å². The Morgan fingerprint density at radius 2 is 2.00 bits per heavy atom. The molecule has 0 spiro atoms. The van der Waals surface area contributed by atoms with Crippen LogP contribution >= 0.6 is 0 Å². The van der Waals surface area contributed by atoms with Gasteiger partial charge in [-0.15, -0.1) is 0 Å². The van der Waals surface area contributed by atoms with Crippen LogP contribution in [0.5, 0.6) is 0 Å². The second-order valence-corrected chi connectivity index (χ2v) is 4.70. The van der Waals surface area contributed by atoms with Gasteiger partial charge in [0.2, 0.25) is 0 Å². The van der Waals surface area contributed by atoms with E-state index in [2.05, 4.69) is 0 Å². The van der Waals surface area contributed by atoms with Crippen LogP contribution in [0, 0.1) is 13.8 Å². The third-order valence-electron chi connectivity index (χ3n) is 2.88. The van der Waals surface area contributed by atoms with Crippen molar-refractivity contribution in [1.82, 2.24) is 4.90 Å². The van der Waals surface area contributed by atoms with E-state index in [1.54, 1.807) is 0 Å². The highest BCUT2D eigenvalue weighted by Crippen LogP contribution is 2.14. The molecule has 0 aromatic heterocycles. The van der Waals surface area contributed by atoms with Gasteiger partial charge < -0.3 is 10.6 Å². The van der Waals surface area contributed by atoms with Gasteiger partial charge in [0, 0.05) is 24.7 Å². The van der Waals surface area contributed by atoms with E-state index in [-0.39, 0.29) is 11.9 Å². The molecule has 0 aliphatic rings. The van der Waals surface area contributed by atoms with E-state index in [0.717, 1.165) is 16.7 Å². The quantitative estimate of drug-likeness (QED) is 0.867. The van der Waals surface area contributed by atoms with Crippen molar-refractivity contribution in [2.24, 2.45) is 5.73 Å². The molecule has 94 valence electrons. The second-order valence-electron chi connectivity index (χ2n) is 4.70. The number of nitrogens with two attached hydrogens (primary N) is 1. The summed E-state index contributed by atoms with van der Waals surface area (Å²) in [5, 5.41) is 0. The monoisotopic (exact) mass is 234 g/mol. The Morgan fingerprint density at radius 1 is 1.35 bits per heavy atom. The van der Waals surface area contributed by atoms with Gasteiger partial charge in [-0.25, -0.2) is 0 Å². The minimum atomic E-state index is 0.0756. The fourth-order valence-corrected chi connectivity index (χ4v) is 1.85. The van der Waals surface area contributed by atoms with E-state index in [1.165, 1.54) is 0 Å². The Bertz CT molecular complexity index is 399. The molecule has 0 bridgehead atoms. The zero-order chi connectivity index (χ0) is 13.0. The first-order chi connectivity index (χ1) is 7.97. The first kappa shape index (κ1) is 13.7. The van der Waals surface area contributed by atoms with Gasteiger partial charge in [0.25, 0.3) is 5.91 Å². The topological polar surface area (TPSA) is 46.3 Å². The lowest BCUT2D eigenvalue weighted by atomic mass is 10.0. The predicted octanol–water partition coefficient (Wildman–Crippen LogP) is 2.11. The van der Waals surface area contributed by atoms with Crippen molar-refractivity contribution in [3.8, 4) is 0 Å². The average molecular weight is 234 g/mol. The lowest BCUT2D eigenvalue weighted by Gasteiger charge is -2.27. The summed E-state index contributed by atoms with van der Waals surface area (Å²) < 4.78 is 0. The van der Waals surface area contributed by atoms with Gasteiger partial charge in [-0.05, 0) is 39.3 Å². The summed E-state index contributed by atoms with van der Waals surface area (Å²) in [6.07, 6.45) is 0. The summed E-state index contributed by atoms with van der Waals surface area (Å²) in [5.41, 5.74) is 8.47. The zero-order valence-electron chi connectivity index (χ0n) is 11.2. The average Bonchev–Trinajstić information content (AvgIpc) is 2.28. The third kappa shape index (κ3) is 3.30. The SMILES string of the molecule is Cc1ccc(C)c(C(=O)N(CCN)C(C)C)c1. The van der Waals surface area contributed by atoms with E-state index < -0.39 is 0 Å². The van der Waals surface area contributed by atoms with Crippen molar-refractivity contribution in [3.63, 3.8) is 0 Å². The first-order valence-corrected chi connectivity index (χ1v) is 6.05. The van der Waals surface area contributed by atoms with Gasteiger partial charge in [-0.3, -0.25) is 4.79 Å². The summed E-state index contributed by atoms with van der Waals surface area (Å²) in [6.45, 7) is 9.09. The number of hydrogen-bond acceptors (Lipinski definition) is 2. The summed E-state index contributed by atoms with van der Waals surface area (Å²) in [4.78, 5) is 14.2. The molecule has 0 atom stereocenters. The number of carbonyl (C=O) groups excluding carboxylic acids is 1. The second kappa shape index (κ2) is 5.82. The van der Waals surface area contributed by atoms with Crippen LogP contribution in [-0.4, -0.2) is 29.9 Å². The van der Waals surface area contributed by atoms with Crippen LogP contribution in [0.15, 0.2) is 18.2 Å². The van der Waals surface area contributed by atoms with Gasteiger partial charge in [-0.2, -0.15) is 0 Å². The molecular formula is C14H22N2O. The summed E-state index contributed by atoms with van der Waals surface area (Å²) in [5.74, 6) is 0.0756. The van der Waals surface area contributed by atoms with Crippen LogP contribution in [-0.2, 0) is 0 Å². The van der Waals surface area contributed by atoms with Crippen LogP contribution in [0.2, 0.25) is 0 Å². The maximum atomic E-state index is 12.4. The standard InChI is InChI=1S/C14H22N2O/c1-10(2)16(8-7-15)14(17)13-9-11(3)5-6-12(13)4/h5-6,9-10H,7-8,15H2,1-4H3. The molecule has 0 fully saturated rings. The molecule has 1 rings (SSSR count). The van der Waals surface area contributed by atoms with Crippen molar-refractivity contribution in [2.75, 3.05) is 13.1 Å². The van der Waals surface area contributed by atoms with E-state index in [0.29, 0.717) is 13.1 Å². The van der Waals surface area contributed by atoms with Crippen molar-refractivity contribution < 1.29 is 4.79 Å². The van der Waals surface area contributed by atoms with E-state index in [4.69, 9.17) is 5.73 Å². The van der Waals surface area contributed by atoms with Gasteiger partial charge in [0.1, 0.15) is 0 Å². The maximum Gasteiger partial charge on any atom is 0.254 e. The lowest BCUT2D eigenvalue weighted by molar-refractivity contribution is 0.0711. The Kier molecular flexibility index (Phi) is 4.70. The molecule has 0 aliphatic heterocycles. The van der Waals surface area contributed by atoms with Crippen LogP contribution < -0.4 is 5.73 Å². The third-order valence-corrected chi connectivity index (χ3v) is 2.88. The highest BCUT2D eigenvalue weighted by Gasteiger charge is 2.19. The van der Waals surface area contributed by atoms with E-state index in [1.807, 2.05) is 50.8 Å². The number of hydrogen-bond donors (Lipinski definition) is 1. The number of amides is 1. The molecule has 3 nitrogen and oxygen atoms in total. The first-order valence-electron chi connectivity index (χ1n) is 6.05. The fourth-order valence-electron chi connectivity index (χ4n) is 1.85. The summed E-state index contributed by atoms with van der Waals surface area (Å²) in [6, 6.07) is 6.13. The van der Waals surface area contributed by atoms with Crippen molar-refractivity contribution in [1.29, 1.82) is 0 Å². The Labute approximate surface area is 104 Å². The van der Waals surface area contributed by atoms with Gasteiger partial charge in [-0.1, -0.05) is 17.7 Å². The van der Waals surface area contributed by atoms with Crippen LogP contribution in [0.1, 0.15) is 35.3 Å². The Morgan fingerprint density at radius 3 is 2.53 bits per heavy atom. The molecule has 0 unspecified atom stereocenters. The molecule has 2 N–H and O–H groups in total. The van der Waals surface area contributed by atoms with Crippen LogP contribution in [0.25, 0.3) is 0 Å². The van der Waals surface area contributed by atoms with E-state index >= 15 is 0 Å². The molecule has 1 aromatic carbocycles.